The zero-order valence-electron chi connectivity index (χ0n) is 13.0. The summed E-state index contributed by atoms with van der Waals surface area (Å²) in [7, 11) is 1.64. The number of carbonyl (C=O) groups excluding carboxylic acids is 1. The molecule has 21 heavy (non-hydrogen) atoms. The Morgan fingerprint density at radius 1 is 1.14 bits per heavy atom. The Kier molecular flexibility index (Phi) is 5.62. The van der Waals surface area contributed by atoms with Gasteiger partial charge < -0.3 is 14.8 Å². The minimum Gasteiger partial charge on any atom is -0.494 e. The van der Waals surface area contributed by atoms with Crippen molar-refractivity contribution in [1.29, 1.82) is 0 Å². The molecule has 0 radical (unpaired) electrons. The summed E-state index contributed by atoms with van der Waals surface area (Å²) in [6.07, 6.45) is 6.05. The molecule has 4 heteroatoms. The molecular weight excluding hydrogens is 266 g/mol. The van der Waals surface area contributed by atoms with E-state index in [0.717, 1.165) is 37.1 Å². The molecule has 0 unspecified atom stereocenters. The number of ether oxygens (including phenoxy) is 2. The number of nitrogens with one attached hydrogen (secondary N) is 1. The van der Waals surface area contributed by atoms with Gasteiger partial charge >= 0.3 is 0 Å². The Balaban J connectivity index is 2.04. The third-order valence-electron chi connectivity index (χ3n) is 4.14. The number of amides is 1. The van der Waals surface area contributed by atoms with Crippen LogP contribution in [0.15, 0.2) is 24.3 Å². The van der Waals surface area contributed by atoms with Crippen molar-refractivity contribution in [3.8, 4) is 5.75 Å². The van der Waals surface area contributed by atoms with Gasteiger partial charge in [-0.3, -0.25) is 4.79 Å². The lowest BCUT2D eigenvalue weighted by Gasteiger charge is -2.29. The van der Waals surface area contributed by atoms with Crippen molar-refractivity contribution >= 4 is 11.6 Å². The lowest BCUT2D eigenvalue weighted by molar-refractivity contribution is -0.139. The standard InChI is InChI=1S/C17H25NO3/c1-3-21-15-10-8-14(9-11-15)18-16(19)17(20-2)12-6-4-5-7-13-17/h8-11H,3-7,12-13H2,1-2H3,(H,18,19). The van der Waals surface area contributed by atoms with Gasteiger partial charge in [0.25, 0.3) is 5.91 Å². The first-order valence-corrected chi connectivity index (χ1v) is 7.79. The number of benzene rings is 1. The van der Waals surface area contributed by atoms with Gasteiger partial charge in [0.1, 0.15) is 11.4 Å². The van der Waals surface area contributed by atoms with Crippen molar-refractivity contribution in [3.05, 3.63) is 24.3 Å². The van der Waals surface area contributed by atoms with E-state index in [1.165, 1.54) is 12.8 Å². The van der Waals surface area contributed by atoms with Crippen molar-refractivity contribution in [2.45, 2.75) is 51.0 Å². The predicted octanol–water partition coefficient (Wildman–Crippen LogP) is 3.76. The third-order valence-corrected chi connectivity index (χ3v) is 4.14. The SMILES string of the molecule is CCOc1ccc(NC(=O)C2(OC)CCCCCC2)cc1. The van der Waals surface area contributed by atoms with Crippen molar-refractivity contribution in [2.24, 2.45) is 0 Å². The van der Waals surface area contributed by atoms with E-state index < -0.39 is 5.60 Å². The average Bonchev–Trinajstić information content (AvgIpc) is 2.76. The van der Waals surface area contributed by atoms with Crippen LogP contribution in [-0.2, 0) is 9.53 Å². The Morgan fingerprint density at radius 2 is 1.76 bits per heavy atom. The second kappa shape index (κ2) is 7.46. The average molecular weight is 291 g/mol. The van der Waals surface area contributed by atoms with E-state index in [0.29, 0.717) is 6.61 Å². The molecule has 1 N–H and O–H groups in total. The molecule has 1 fully saturated rings. The highest BCUT2D eigenvalue weighted by Gasteiger charge is 2.38. The van der Waals surface area contributed by atoms with E-state index in [-0.39, 0.29) is 5.91 Å². The van der Waals surface area contributed by atoms with Gasteiger partial charge in [-0.25, -0.2) is 0 Å². The predicted molar refractivity (Wildman–Crippen MR) is 83.7 cm³/mol. The smallest absolute Gasteiger partial charge is 0.256 e. The molecule has 1 aromatic carbocycles. The van der Waals surface area contributed by atoms with Crippen LogP contribution in [0.2, 0.25) is 0 Å². The number of carbonyl (C=O) groups is 1. The molecule has 116 valence electrons. The normalized spacial score (nSPS) is 17.8. The number of hydrogen-bond acceptors (Lipinski definition) is 3. The van der Waals surface area contributed by atoms with Gasteiger partial charge in [0.05, 0.1) is 6.61 Å². The summed E-state index contributed by atoms with van der Waals surface area (Å²) in [4.78, 5) is 12.6. The van der Waals surface area contributed by atoms with Crippen LogP contribution in [0.5, 0.6) is 5.75 Å². The van der Waals surface area contributed by atoms with Gasteiger partial charge in [0.2, 0.25) is 0 Å². The molecule has 1 aliphatic carbocycles. The summed E-state index contributed by atoms with van der Waals surface area (Å²) in [5.74, 6) is 0.780. The molecule has 1 amide bonds. The van der Waals surface area contributed by atoms with Gasteiger partial charge in [-0.05, 0) is 44.0 Å². The summed E-state index contributed by atoms with van der Waals surface area (Å²) >= 11 is 0. The maximum absolute atomic E-state index is 12.6. The van der Waals surface area contributed by atoms with E-state index in [1.54, 1.807) is 7.11 Å². The van der Waals surface area contributed by atoms with E-state index in [9.17, 15) is 4.79 Å². The Morgan fingerprint density at radius 3 is 2.29 bits per heavy atom. The molecule has 1 saturated carbocycles. The lowest BCUT2D eigenvalue weighted by Crippen LogP contribution is -2.44. The summed E-state index contributed by atoms with van der Waals surface area (Å²) in [5.41, 5.74) is 0.110. The molecule has 0 spiro atoms. The number of rotatable bonds is 5. The quantitative estimate of drug-likeness (QED) is 0.840. The number of anilines is 1. The minimum absolute atomic E-state index is 0.0314. The third kappa shape index (κ3) is 3.97. The van der Waals surface area contributed by atoms with Crippen LogP contribution in [0.4, 0.5) is 5.69 Å². The fraction of sp³-hybridized carbons (Fsp3) is 0.588. The fourth-order valence-corrected chi connectivity index (χ4v) is 2.87. The lowest BCUT2D eigenvalue weighted by atomic mass is 9.93. The van der Waals surface area contributed by atoms with E-state index in [4.69, 9.17) is 9.47 Å². The van der Waals surface area contributed by atoms with Gasteiger partial charge in [0, 0.05) is 12.8 Å². The fourth-order valence-electron chi connectivity index (χ4n) is 2.87. The van der Waals surface area contributed by atoms with Crippen LogP contribution in [0.1, 0.15) is 45.4 Å². The summed E-state index contributed by atoms with van der Waals surface area (Å²) in [6, 6.07) is 7.46. The number of methoxy groups -OCH3 is 1. The first-order chi connectivity index (χ1) is 10.2. The second-order valence-electron chi connectivity index (χ2n) is 5.52. The van der Waals surface area contributed by atoms with Crippen molar-refractivity contribution in [2.75, 3.05) is 19.0 Å². The minimum atomic E-state index is -0.672. The monoisotopic (exact) mass is 291 g/mol. The second-order valence-corrected chi connectivity index (χ2v) is 5.52. The molecule has 2 rings (SSSR count). The zero-order chi connectivity index (χ0) is 15.1. The highest BCUT2D eigenvalue weighted by Crippen LogP contribution is 2.31. The van der Waals surface area contributed by atoms with Gasteiger partial charge in [0.15, 0.2) is 0 Å². The Bertz CT molecular complexity index is 448. The summed E-state index contributed by atoms with van der Waals surface area (Å²) in [6.45, 7) is 2.59. The van der Waals surface area contributed by atoms with Crippen molar-refractivity contribution in [3.63, 3.8) is 0 Å². The van der Waals surface area contributed by atoms with E-state index in [2.05, 4.69) is 5.32 Å². The molecular formula is C17H25NO3. The van der Waals surface area contributed by atoms with Gasteiger partial charge in [-0.15, -0.1) is 0 Å². The molecule has 1 aliphatic rings. The van der Waals surface area contributed by atoms with Crippen molar-refractivity contribution in [1.82, 2.24) is 0 Å². The largest absolute Gasteiger partial charge is 0.494 e. The molecule has 0 aromatic heterocycles. The molecule has 0 saturated heterocycles. The molecule has 0 aliphatic heterocycles. The van der Waals surface area contributed by atoms with Crippen LogP contribution >= 0.6 is 0 Å². The highest BCUT2D eigenvalue weighted by atomic mass is 16.5. The first-order valence-electron chi connectivity index (χ1n) is 7.79. The van der Waals surface area contributed by atoms with E-state index >= 15 is 0 Å². The first kappa shape index (κ1) is 15.8. The molecule has 1 aromatic rings. The highest BCUT2D eigenvalue weighted by molar-refractivity contribution is 5.97. The topological polar surface area (TPSA) is 47.6 Å². The Labute approximate surface area is 126 Å². The molecule has 0 heterocycles. The van der Waals surface area contributed by atoms with Gasteiger partial charge in [-0.2, -0.15) is 0 Å². The van der Waals surface area contributed by atoms with Crippen LogP contribution in [-0.4, -0.2) is 25.2 Å². The maximum atomic E-state index is 12.6. The maximum Gasteiger partial charge on any atom is 0.256 e. The number of hydrogen-bond donors (Lipinski definition) is 1. The van der Waals surface area contributed by atoms with Crippen LogP contribution in [0.25, 0.3) is 0 Å². The van der Waals surface area contributed by atoms with Crippen molar-refractivity contribution < 1.29 is 14.3 Å². The molecule has 0 atom stereocenters. The Hall–Kier alpha value is -1.55. The summed E-state index contributed by atoms with van der Waals surface area (Å²) < 4.78 is 11.0. The van der Waals surface area contributed by atoms with Gasteiger partial charge in [-0.1, -0.05) is 25.7 Å². The zero-order valence-corrected chi connectivity index (χ0v) is 13.0. The van der Waals surface area contributed by atoms with Crippen LogP contribution in [0.3, 0.4) is 0 Å². The van der Waals surface area contributed by atoms with E-state index in [1.807, 2.05) is 31.2 Å². The van der Waals surface area contributed by atoms with Crippen LogP contribution in [0, 0.1) is 0 Å². The molecule has 4 nitrogen and oxygen atoms in total. The van der Waals surface area contributed by atoms with Crippen LogP contribution < -0.4 is 10.1 Å². The summed E-state index contributed by atoms with van der Waals surface area (Å²) in [5, 5.41) is 2.98. The molecule has 0 bridgehead atoms.